The fourth-order valence-corrected chi connectivity index (χ4v) is 2.53. The molecule has 3 rings (SSSR count). The number of aromatic amines is 1. The van der Waals surface area contributed by atoms with E-state index in [0.717, 1.165) is 11.1 Å². The van der Waals surface area contributed by atoms with Crippen molar-refractivity contribution < 1.29 is 9.59 Å². The molecule has 3 aromatic rings. The lowest BCUT2D eigenvalue weighted by molar-refractivity contribution is -0.111. The zero-order valence-corrected chi connectivity index (χ0v) is 14.5. The monoisotopic (exact) mass is 349 g/mol. The molecule has 0 aliphatic heterocycles. The summed E-state index contributed by atoms with van der Waals surface area (Å²) in [5, 5.41) is 13.1. The summed E-state index contributed by atoms with van der Waals surface area (Å²) in [6, 6.07) is 9.22. The van der Waals surface area contributed by atoms with Gasteiger partial charge in [0.1, 0.15) is 0 Å². The lowest BCUT2D eigenvalue weighted by atomic mass is 10.1. The quantitative estimate of drug-likeness (QED) is 0.617. The van der Waals surface area contributed by atoms with E-state index in [-0.39, 0.29) is 17.9 Å². The first-order chi connectivity index (χ1) is 12.5. The van der Waals surface area contributed by atoms with Crippen molar-refractivity contribution in [2.75, 3.05) is 5.32 Å². The number of benzene rings is 1. The topological polar surface area (TPSA) is 99.8 Å². The zero-order valence-electron chi connectivity index (χ0n) is 14.5. The maximum absolute atomic E-state index is 12.3. The van der Waals surface area contributed by atoms with E-state index in [0.29, 0.717) is 22.4 Å². The molecule has 0 aliphatic carbocycles. The van der Waals surface area contributed by atoms with Crippen molar-refractivity contribution in [3.8, 4) is 11.1 Å². The van der Waals surface area contributed by atoms with Crippen LogP contribution < -0.4 is 10.6 Å². The Morgan fingerprint density at radius 3 is 2.77 bits per heavy atom. The van der Waals surface area contributed by atoms with Crippen molar-refractivity contribution in [3.63, 3.8) is 0 Å². The van der Waals surface area contributed by atoms with Gasteiger partial charge in [-0.15, -0.1) is 0 Å². The van der Waals surface area contributed by atoms with Gasteiger partial charge in [0.15, 0.2) is 11.3 Å². The maximum Gasteiger partial charge on any atom is 0.272 e. The van der Waals surface area contributed by atoms with Gasteiger partial charge in [-0.25, -0.2) is 4.98 Å². The largest absolute Gasteiger partial charge is 0.348 e. The first-order valence-electron chi connectivity index (χ1n) is 8.16. The Bertz CT molecular complexity index is 991. The lowest BCUT2D eigenvalue weighted by Gasteiger charge is -2.07. The summed E-state index contributed by atoms with van der Waals surface area (Å²) in [6.07, 6.45) is 2.91. The Hall–Kier alpha value is -3.48. The predicted molar refractivity (Wildman–Crippen MR) is 101 cm³/mol. The third kappa shape index (κ3) is 3.61. The minimum atomic E-state index is -0.279. The van der Waals surface area contributed by atoms with Gasteiger partial charge in [-0.3, -0.25) is 14.7 Å². The average Bonchev–Trinajstić information content (AvgIpc) is 3.04. The molecule has 0 saturated heterocycles. The summed E-state index contributed by atoms with van der Waals surface area (Å²) >= 11 is 0. The van der Waals surface area contributed by atoms with Crippen molar-refractivity contribution in [2.24, 2.45) is 0 Å². The third-order valence-electron chi connectivity index (χ3n) is 3.70. The predicted octanol–water partition coefficient (Wildman–Crippen LogP) is 2.89. The van der Waals surface area contributed by atoms with Crippen LogP contribution in [0.2, 0.25) is 0 Å². The number of H-pyrrole nitrogens is 1. The van der Waals surface area contributed by atoms with Gasteiger partial charge in [0, 0.05) is 23.5 Å². The fourth-order valence-electron chi connectivity index (χ4n) is 2.53. The molecule has 3 N–H and O–H groups in total. The van der Waals surface area contributed by atoms with Gasteiger partial charge < -0.3 is 10.6 Å². The SMILES string of the molecule is C=CC(=O)Nc1cccc(-c2cnc3[nH]nc(C(=O)NC(C)C)c3c2)c1. The van der Waals surface area contributed by atoms with Gasteiger partial charge in [0.2, 0.25) is 5.91 Å². The summed E-state index contributed by atoms with van der Waals surface area (Å²) in [5.74, 6) is -0.532. The molecule has 2 heterocycles. The highest BCUT2D eigenvalue weighted by Crippen LogP contribution is 2.26. The molecular formula is C19H19N5O2. The molecule has 132 valence electrons. The summed E-state index contributed by atoms with van der Waals surface area (Å²) < 4.78 is 0. The van der Waals surface area contributed by atoms with Crippen LogP contribution in [0.25, 0.3) is 22.2 Å². The summed E-state index contributed by atoms with van der Waals surface area (Å²) in [5.41, 5.74) is 3.17. The second kappa shape index (κ2) is 7.18. The molecule has 0 atom stereocenters. The molecule has 0 radical (unpaired) electrons. The smallest absolute Gasteiger partial charge is 0.272 e. The number of hydrogen-bond acceptors (Lipinski definition) is 4. The summed E-state index contributed by atoms with van der Waals surface area (Å²) in [4.78, 5) is 28.1. The van der Waals surface area contributed by atoms with Crippen LogP contribution in [-0.4, -0.2) is 33.0 Å². The number of amides is 2. The average molecular weight is 349 g/mol. The molecule has 7 nitrogen and oxygen atoms in total. The molecule has 7 heteroatoms. The molecular weight excluding hydrogens is 330 g/mol. The van der Waals surface area contributed by atoms with Crippen LogP contribution >= 0.6 is 0 Å². The van der Waals surface area contributed by atoms with Gasteiger partial charge in [0.05, 0.1) is 5.39 Å². The number of aromatic nitrogens is 3. The second-order valence-corrected chi connectivity index (χ2v) is 6.09. The number of hydrogen-bond donors (Lipinski definition) is 3. The molecule has 1 aromatic carbocycles. The minimum absolute atomic E-state index is 0.00976. The summed E-state index contributed by atoms with van der Waals surface area (Å²) in [6.45, 7) is 7.22. The molecule has 2 amide bonds. The van der Waals surface area contributed by atoms with Crippen LogP contribution in [0.5, 0.6) is 0 Å². The van der Waals surface area contributed by atoms with Gasteiger partial charge >= 0.3 is 0 Å². The standard InChI is InChI=1S/C19H19N5O2/c1-4-16(25)22-14-7-5-6-12(8-14)13-9-15-17(19(26)21-11(2)3)23-24-18(15)20-10-13/h4-11H,1H2,2-3H3,(H,21,26)(H,22,25)(H,20,23,24). The summed E-state index contributed by atoms with van der Waals surface area (Å²) in [7, 11) is 0. The van der Waals surface area contributed by atoms with E-state index in [1.807, 2.05) is 38.1 Å². The molecule has 0 fully saturated rings. The zero-order chi connectivity index (χ0) is 18.7. The first-order valence-corrected chi connectivity index (χ1v) is 8.16. The van der Waals surface area contributed by atoms with Gasteiger partial charge in [-0.05, 0) is 43.7 Å². The maximum atomic E-state index is 12.3. The van der Waals surface area contributed by atoms with E-state index in [1.54, 1.807) is 12.3 Å². The van der Waals surface area contributed by atoms with Crippen LogP contribution in [0.4, 0.5) is 5.69 Å². The number of rotatable bonds is 5. The van der Waals surface area contributed by atoms with Crippen molar-refractivity contribution in [1.29, 1.82) is 0 Å². The number of carbonyl (C=O) groups is 2. The van der Waals surface area contributed by atoms with E-state index >= 15 is 0 Å². The molecule has 0 unspecified atom stereocenters. The van der Waals surface area contributed by atoms with Crippen LogP contribution in [0.15, 0.2) is 49.2 Å². The normalized spacial score (nSPS) is 10.7. The molecule has 0 bridgehead atoms. The van der Waals surface area contributed by atoms with Crippen molar-refractivity contribution in [3.05, 3.63) is 54.9 Å². The molecule has 2 aromatic heterocycles. The van der Waals surface area contributed by atoms with E-state index in [2.05, 4.69) is 32.4 Å². The number of anilines is 1. The lowest BCUT2D eigenvalue weighted by Crippen LogP contribution is -2.30. The van der Waals surface area contributed by atoms with Crippen LogP contribution in [0, 0.1) is 0 Å². The van der Waals surface area contributed by atoms with E-state index in [4.69, 9.17) is 0 Å². The third-order valence-corrected chi connectivity index (χ3v) is 3.70. The number of nitrogens with zero attached hydrogens (tertiary/aromatic N) is 2. The van der Waals surface area contributed by atoms with Crippen molar-refractivity contribution in [2.45, 2.75) is 19.9 Å². The Morgan fingerprint density at radius 2 is 2.04 bits per heavy atom. The molecule has 0 aliphatic rings. The van der Waals surface area contributed by atoms with E-state index < -0.39 is 0 Å². The number of pyridine rings is 1. The van der Waals surface area contributed by atoms with Crippen LogP contribution in [0.1, 0.15) is 24.3 Å². The first kappa shape index (κ1) is 17.3. The molecule has 0 spiro atoms. The van der Waals surface area contributed by atoms with Gasteiger partial charge in [-0.2, -0.15) is 5.10 Å². The van der Waals surface area contributed by atoms with E-state index in [1.165, 1.54) is 6.08 Å². The molecule has 0 saturated carbocycles. The second-order valence-electron chi connectivity index (χ2n) is 6.09. The van der Waals surface area contributed by atoms with Gasteiger partial charge in [0.25, 0.3) is 5.91 Å². The Balaban J connectivity index is 1.98. The number of fused-ring (bicyclic) bond motifs is 1. The van der Waals surface area contributed by atoms with Crippen molar-refractivity contribution in [1.82, 2.24) is 20.5 Å². The fraction of sp³-hybridized carbons (Fsp3) is 0.158. The highest BCUT2D eigenvalue weighted by atomic mass is 16.2. The number of nitrogens with one attached hydrogen (secondary N) is 3. The van der Waals surface area contributed by atoms with Crippen molar-refractivity contribution >= 4 is 28.5 Å². The minimum Gasteiger partial charge on any atom is -0.348 e. The van der Waals surface area contributed by atoms with Gasteiger partial charge in [-0.1, -0.05) is 18.7 Å². The molecule has 26 heavy (non-hydrogen) atoms. The Morgan fingerprint density at radius 1 is 1.23 bits per heavy atom. The van der Waals surface area contributed by atoms with Crippen LogP contribution in [0.3, 0.4) is 0 Å². The Labute approximate surface area is 150 Å². The highest BCUT2D eigenvalue weighted by Gasteiger charge is 2.16. The number of carbonyl (C=O) groups excluding carboxylic acids is 2. The van der Waals surface area contributed by atoms with Crippen LogP contribution in [-0.2, 0) is 4.79 Å². The Kier molecular flexibility index (Phi) is 4.79. The van der Waals surface area contributed by atoms with E-state index in [9.17, 15) is 9.59 Å². The highest BCUT2D eigenvalue weighted by molar-refractivity contribution is 6.05.